The minimum atomic E-state index is -1.04. The fraction of sp³-hybridized carbons (Fsp3) is 0.333. The molecule has 1 amide bonds. The van der Waals surface area contributed by atoms with Crippen molar-refractivity contribution in [2.75, 3.05) is 13.2 Å². The first-order valence-corrected chi connectivity index (χ1v) is 5.23. The number of nitrogens with one attached hydrogen (secondary N) is 1. The zero-order valence-electron chi connectivity index (χ0n) is 9.72. The van der Waals surface area contributed by atoms with Gasteiger partial charge in [0.1, 0.15) is 6.54 Å². The van der Waals surface area contributed by atoms with Crippen molar-refractivity contribution in [3.63, 3.8) is 0 Å². The Kier molecular flexibility index (Phi) is 8.32. The number of benzene rings is 1. The van der Waals surface area contributed by atoms with E-state index in [1.807, 2.05) is 30.3 Å². The molecule has 0 atom stereocenters. The first kappa shape index (κ1) is 15.1. The van der Waals surface area contributed by atoms with Crippen LogP contribution in [0.1, 0.15) is 12.5 Å². The van der Waals surface area contributed by atoms with Crippen LogP contribution in [0.2, 0.25) is 0 Å². The summed E-state index contributed by atoms with van der Waals surface area (Å²) in [6.45, 7) is 1.60. The van der Waals surface area contributed by atoms with E-state index in [-0.39, 0.29) is 25.5 Å². The number of carboxylic acid groups (broad SMARTS) is 1. The fourth-order valence-corrected chi connectivity index (χ4v) is 1.02. The molecule has 0 aliphatic carbocycles. The highest BCUT2D eigenvalue weighted by Gasteiger charge is 2.03. The van der Waals surface area contributed by atoms with Gasteiger partial charge < -0.3 is 15.5 Å². The van der Waals surface area contributed by atoms with Crippen molar-refractivity contribution in [2.24, 2.45) is 0 Å². The normalized spacial score (nSPS) is 8.82. The minimum Gasteiger partial charge on any atom is -0.480 e. The molecule has 3 N–H and O–H groups in total. The van der Waals surface area contributed by atoms with Crippen LogP contribution in [-0.2, 0) is 16.0 Å². The number of hydrogen-bond acceptors (Lipinski definition) is 3. The lowest BCUT2D eigenvalue weighted by Gasteiger charge is -2.01. The Bertz CT molecular complexity index is 338. The van der Waals surface area contributed by atoms with Gasteiger partial charge in [-0.05, 0) is 12.5 Å². The molecule has 0 aliphatic heterocycles. The molecule has 0 bridgehead atoms. The summed E-state index contributed by atoms with van der Waals surface area (Å²) in [6, 6.07) is 9.17. The summed E-state index contributed by atoms with van der Waals surface area (Å²) < 4.78 is 0. The molecule has 1 aromatic carbocycles. The first-order chi connectivity index (χ1) is 8.10. The average Bonchev–Trinajstić information content (AvgIpc) is 2.29. The van der Waals surface area contributed by atoms with E-state index in [2.05, 4.69) is 5.32 Å². The molecule has 5 heteroatoms. The van der Waals surface area contributed by atoms with E-state index in [4.69, 9.17) is 10.2 Å². The third-order valence-electron chi connectivity index (χ3n) is 1.64. The van der Waals surface area contributed by atoms with E-state index in [0.717, 1.165) is 5.56 Å². The number of carbonyl (C=O) groups is 2. The van der Waals surface area contributed by atoms with E-state index in [1.54, 1.807) is 6.92 Å². The monoisotopic (exact) mass is 239 g/mol. The summed E-state index contributed by atoms with van der Waals surface area (Å²) in [5, 5.41) is 18.2. The van der Waals surface area contributed by atoms with E-state index in [1.165, 1.54) is 0 Å². The quantitative estimate of drug-likeness (QED) is 0.711. The third kappa shape index (κ3) is 9.07. The van der Waals surface area contributed by atoms with Crippen LogP contribution in [0.15, 0.2) is 30.3 Å². The lowest BCUT2D eigenvalue weighted by Crippen LogP contribution is -2.30. The van der Waals surface area contributed by atoms with Crippen molar-refractivity contribution in [1.29, 1.82) is 0 Å². The number of aliphatic hydroxyl groups excluding tert-OH is 1. The second-order valence-corrected chi connectivity index (χ2v) is 3.15. The van der Waals surface area contributed by atoms with Gasteiger partial charge in [0.25, 0.3) is 0 Å². The van der Waals surface area contributed by atoms with Gasteiger partial charge in [-0.1, -0.05) is 30.3 Å². The van der Waals surface area contributed by atoms with Gasteiger partial charge in [0.2, 0.25) is 5.91 Å². The van der Waals surface area contributed by atoms with Crippen molar-refractivity contribution >= 4 is 11.9 Å². The van der Waals surface area contributed by atoms with Crippen molar-refractivity contribution in [2.45, 2.75) is 13.3 Å². The Hall–Kier alpha value is -1.88. The SMILES string of the molecule is CCO.O=C(O)CNC(=O)Cc1ccccc1. The second-order valence-electron chi connectivity index (χ2n) is 3.15. The first-order valence-electron chi connectivity index (χ1n) is 5.23. The van der Waals surface area contributed by atoms with Crippen LogP contribution in [0, 0.1) is 0 Å². The Balaban J connectivity index is 0.000000770. The van der Waals surface area contributed by atoms with Crippen LogP contribution in [-0.4, -0.2) is 35.2 Å². The van der Waals surface area contributed by atoms with Crippen LogP contribution in [0.5, 0.6) is 0 Å². The molecule has 0 heterocycles. The largest absolute Gasteiger partial charge is 0.480 e. The van der Waals surface area contributed by atoms with E-state index in [0.29, 0.717) is 0 Å². The van der Waals surface area contributed by atoms with E-state index >= 15 is 0 Å². The number of amides is 1. The number of rotatable bonds is 4. The summed E-state index contributed by atoms with van der Waals surface area (Å²) in [6.07, 6.45) is 0.216. The molecule has 1 aromatic rings. The summed E-state index contributed by atoms with van der Waals surface area (Å²) in [7, 11) is 0. The Morgan fingerprint density at radius 2 is 1.76 bits per heavy atom. The maximum Gasteiger partial charge on any atom is 0.322 e. The number of carbonyl (C=O) groups excluding carboxylic acids is 1. The third-order valence-corrected chi connectivity index (χ3v) is 1.64. The molecule has 0 unspecified atom stereocenters. The van der Waals surface area contributed by atoms with Gasteiger partial charge in [-0.15, -0.1) is 0 Å². The van der Waals surface area contributed by atoms with Crippen LogP contribution >= 0.6 is 0 Å². The number of carboxylic acids is 1. The molecule has 5 nitrogen and oxygen atoms in total. The number of hydrogen-bond donors (Lipinski definition) is 3. The highest BCUT2D eigenvalue weighted by molar-refractivity contribution is 5.82. The van der Waals surface area contributed by atoms with Gasteiger partial charge in [0.05, 0.1) is 6.42 Å². The molecular weight excluding hydrogens is 222 g/mol. The van der Waals surface area contributed by atoms with Crippen molar-refractivity contribution in [3.05, 3.63) is 35.9 Å². The lowest BCUT2D eigenvalue weighted by molar-refractivity contribution is -0.137. The molecule has 0 fully saturated rings. The van der Waals surface area contributed by atoms with E-state index < -0.39 is 5.97 Å². The number of aliphatic hydroxyl groups is 1. The highest BCUT2D eigenvalue weighted by Crippen LogP contribution is 1.98. The standard InChI is InChI=1S/C10H11NO3.C2H6O/c12-9(11-7-10(13)14)6-8-4-2-1-3-5-8;1-2-3/h1-5H,6-7H2,(H,11,12)(H,13,14);3H,2H2,1H3. The van der Waals surface area contributed by atoms with E-state index in [9.17, 15) is 9.59 Å². The van der Waals surface area contributed by atoms with Gasteiger partial charge in [0, 0.05) is 6.61 Å². The summed E-state index contributed by atoms with van der Waals surface area (Å²) >= 11 is 0. The predicted molar refractivity (Wildman–Crippen MR) is 63.6 cm³/mol. The molecule has 17 heavy (non-hydrogen) atoms. The van der Waals surface area contributed by atoms with Gasteiger partial charge in [-0.3, -0.25) is 9.59 Å². The topological polar surface area (TPSA) is 86.6 Å². The fourth-order valence-electron chi connectivity index (χ4n) is 1.02. The molecule has 0 saturated heterocycles. The molecule has 0 aromatic heterocycles. The predicted octanol–water partition coefficient (Wildman–Crippen LogP) is 0.428. The van der Waals surface area contributed by atoms with Gasteiger partial charge in [-0.25, -0.2) is 0 Å². The Labute approximate surface area is 100 Å². The lowest BCUT2D eigenvalue weighted by atomic mass is 10.1. The molecule has 94 valence electrons. The summed E-state index contributed by atoms with van der Waals surface area (Å²) in [5.74, 6) is -1.31. The minimum absolute atomic E-state index is 0.216. The van der Waals surface area contributed by atoms with Crippen LogP contribution in [0.25, 0.3) is 0 Å². The van der Waals surface area contributed by atoms with Crippen LogP contribution < -0.4 is 5.32 Å². The molecular formula is C12H17NO4. The second kappa shape index (κ2) is 9.35. The molecule has 0 spiro atoms. The van der Waals surface area contributed by atoms with Gasteiger partial charge in [-0.2, -0.15) is 0 Å². The van der Waals surface area contributed by atoms with Crippen molar-refractivity contribution in [1.82, 2.24) is 5.32 Å². The average molecular weight is 239 g/mol. The molecule has 0 aliphatic rings. The highest BCUT2D eigenvalue weighted by atomic mass is 16.4. The number of aliphatic carboxylic acids is 1. The molecule has 0 radical (unpaired) electrons. The molecule has 0 saturated carbocycles. The summed E-state index contributed by atoms with van der Waals surface area (Å²) in [5.41, 5.74) is 0.871. The molecule has 1 rings (SSSR count). The van der Waals surface area contributed by atoms with Crippen LogP contribution in [0.3, 0.4) is 0 Å². The zero-order chi connectivity index (χ0) is 13.1. The Morgan fingerprint density at radius 3 is 2.24 bits per heavy atom. The zero-order valence-corrected chi connectivity index (χ0v) is 9.72. The maximum atomic E-state index is 11.1. The summed E-state index contributed by atoms with van der Waals surface area (Å²) in [4.78, 5) is 21.3. The Morgan fingerprint density at radius 1 is 1.24 bits per heavy atom. The van der Waals surface area contributed by atoms with Crippen molar-refractivity contribution in [3.8, 4) is 0 Å². The van der Waals surface area contributed by atoms with Crippen LogP contribution in [0.4, 0.5) is 0 Å². The smallest absolute Gasteiger partial charge is 0.322 e. The van der Waals surface area contributed by atoms with Gasteiger partial charge in [0.15, 0.2) is 0 Å². The van der Waals surface area contributed by atoms with Gasteiger partial charge >= 0.3 is 5.97 Å². The maximum absolute atomic E-state index is 11.1. The van der Waals surface area contributed by atoms with Crippen molar-refractivity contribution < 1.29 is 19.8 Å².